The minimum absolute atomic E-state index is 0.524. The standard InChI is InChI=1S/C17H16O5/c18-17(11-1-3-13-15(9-11)21-7-5-19-13)12-2-4-14-16(10-12)22-8-6-20-14/h1-4,9-10,17-18H,5-8H2. The smallest absolute Gasteiger partial charge is 0.161 e. The summed E-state index contributed by atoms with van der Waals surface area (Å²) in [4.78, 5) is 0. The molecule has 0 saturated heterocycles. The summed E-state index contributed by atoms with van der Waals surface area (Å²) in [5.74, 6) is 2.76. The van der Waals surface area contributed by atoms with Crippen LogP contribution in [0.3, 0.4) is 0 Å². The molecule has 4 rings (SSSR count). The summed E-state index contributed by atoms with van der Waals surface area (Å²) in [5.41, 5.74) is 1.50. The van der Waals surface area contributed by atoms with Crippen LogP contribution in [0.15, 0.2) is 36.4 Å². The lowest BCUT2D eigenvalue weighted by molar-refractivity contribution is 0.168. The van der Waals surface area contributed by atoms with E-state index in [1.165, 1.54) is 0 Å². The molecular formula is C17H16O5. The molecule has 0 atom stereocenters. The van der Waals surface area contributed by atoms with E-state index in [4.69, 9.17) is 18.9 Å². The number of benzene rings is 2. The SMILES string of the molecule is OC(c1ccc2c(c1)OCCO2)c1ccc2c(c1)OCCO2. The number of hydrogen-bond donors (Lipinski definition) is 1. The molecule has 0 fully saturated rings. The molecule has 2 heterocycles. The van der Waals surface area contributed by atoms with Gasteiger partial charge in [0, 0.05) is 0 Å². The molecule has 5 nitrogen and oxygen atoms in total. The third-order valence-electron chi connectivity index (χ3n) is 3.76. The molecule has 0 amide bonds. The van der Waals surface area contributed by atoms with Gasteiger partial charge in [0.1, 0.15) is 32.5 Å². The summed E-state index contributed by atoms with van der Waals surface area (Å²) in [6, 6.07) is 11.0. The van der Waals surface area contributed by atoms with Crippen LogP contribution in [0.1, 0.15) is 17.2 Å². The fourth-order valence-corrected chi connectivity index (χ4v) is 2.65. The van der Waals surface area contributed by atoms with Crippen LogP contribution in [0.5, 0.6) is 23.0 Å². The number of aliphatic hydroxyl groups excluding tert-OH is 1. The van der Waals surface area contributed by atoms with Crippen LogP contribution in [-0.4, -0.2) is 31.5 Å². The highest BCUT2D eigenvalue weighted by molar-refractivity contribution is 5.49. The highest BCUT2D eigenvalue weighted by Gasteiger charge is 2.19. The van der Waals surface area contributed by atoms with E-state index in [1.54, 1.807) is 0 Å². The average Bonchev–Trinajstić information content (AvgIpc) is 2.60. The predicted molar refractivity (Wildman–Crippen MR) is 78.9 cm³/mol. The third-order valence-corrected chi connectivity index (χ3v) is 3.76. The van der Waals surface area contributed by atoms with Gasteiger partial charge < -0.3 is 24.1 Å². The topological polar surface area (TPSA) is 57.2 Å². The monoisotopic (exact) mass is 300 g/mol. The third kappa shape index (κ3) is 2.33. The molecule has 0 aliphatic carbocycles. The lowest BCUT2D eigenvalue weighted by Gasteiger charge is -2.22. The van der Waals surface area contributed by atoms with Gasteiger partial charge in [-0.2, -0.15) is 0 Å². The van der Waals surface area contributed by atoms with Crippen molar-refractivity contribution < 1.29 is 24.1 Å². The first-order chi connectivity index (χ1) is 10.8. The molecule has 2 aliphatic rings. The van der Waals surface area contributed by atoms with Crippen molar-refractivity contribution in [2.45, 2.75) is 6.10 Å². The molecule has 2 aromatic carbocycles. The second kappa shape index (κ2) is 5.42. The zero-order chi connectivity index (χ0) is 14.9. The van der Waals surface area contributed by atoms with Gasteiger partial charge in [-0.05, 0) is 35.4 Å². The van der Waals surface area contributed by atoms with E-state index in [9.17, 15) is 5.11 Å². The average molecular weight is 300 g/mol. The van der Waals surface area contributed by atoms with Gasteiger partial charge in [-0.15, -0.1) is 0 Å². The molecule has 0 spiro atoms. The van der Waals surface area contributed by atoms with E-state index < -0.39 is 6.10 Å². The summed E-state index contributed by atoms with van der Waals surface area (Å²) in [7, 11) is 0. The largest absolute Gasteiger partial charge is 0.486 e. The number of hydrogen-bond acceptors (Lipinski definition) is 5. The van der Waals surface area contributed by atoms with Crippen molar-refractivity contribution in [1.82, 2.24) is 0 Å². The molecule has 0 radical (unpaired) electrons. The van der Waals surface area contributed by atoms with Crippen LogP contribution in [-0.2, 0) is 0 Å². The van der Waals surface area contributed by atoms with Crippen LogP contribution in [0.2, 0.25) is 0 Å². The molecule has 114 valence electrons. The van der Waals surface area contributed by atoms with E-state index in [2.05, 4.69) is 0 Å². The Balaban J connectivity index is 1.65. The van der Waals surface area contributed by atoms with Gasteiger partial charge in [-0.25, -0.2) is 0 Å². The summed E-state index contributed by atoms with van der Waals surface area (Å²) in [6.07, 6.45) is -0.758. The maximum Gasteiger partial charge on any atom is 0.161 e. The molecule has 0 saturated carbocycles. The normalized spacial score (nSPS) is 15.7. The van der Waals surface area contributed by atoms with E-state index in [1.807, 2.05) is 36.4 Å². The highest BCUT2D eigenvalue weighted by atomic mass is 16.6. The predicted octanol–water partition coefficient (Wildman–Crippen LogP) is 2.31. The molecule has 2 aromatic rings. The van der Waals surface area contributed by atoms with E-state index in [-0.39, 0.29) is 0 Å². The molecule has 0 bridgehead atoms. The van der Waals surface area contributed by atoms with Gasteiger partial charge in [0.25, 0.3) is 0 Å². The Morgan fingerprint density at radius 2 is 1.05 bits per heavy atom. The lowest BCUT2D eigenvalue weighted by Crippen LogP contribution is -2.16. The molecule has 1 N–H and O–H groups in total. The summed E-state index contributed by atoms with van der Waals surface area (Å²) in [5, 5.41) is 10.6. The van der Waals surface area contributed by atoms with Gasteiger partial charge in [-0.1, -0.05) is 12.1 Å². The molecular weight excluding hydrogens is 284 g/mol. The van der Waals surface area contributed by atoms with E-state index in [0.717, 1.165) is 11.1 Å². The van der Waals surface area contributed by atoms with Gasteiger partial charge in [-0.3, -0.25) is 0 Å². The van der Waals surface area contributed by atoms with Gasteiger partial charge in [0.05, 0.1) is 0 Å². The Morgan fingerprint density at radius 1 is 0.636 bits per heavy atom. The number of aliphatic hydroxyl groups is 1. The first-order valence-electron chi connectivity index (χ1n) is 7.28. The number of fused-ring (bicyclic) bond motifs is 2. The zero-order valence-electron chi connectivity index (χ0n) is 12.0. The molecule has 0 aromatic heterocycles. The number of ether oxygens (including phenoxy) is 4. The fourth-order valence-electron chi connectivity index (χ4n) is 2.65. The maximum atomic E-state index is 10.6. The van der Waals surface area contributed by atoms with Crippen LogP contribution in [0, 0.1) is 0 Å². The Bertz CT molecular complexity index is 638. The van der Waals surface area contributed by atoms with Crippen LogP contribution in [0.25, 0.3) is 0 Å². The van der Waals surface area contributed by atoms with Crippen molar-refractivity contribution in [3.8, 4) is 23.0 Å². The Hall–Kier alpha value is -2.40. The summed E-state index contributed by atoms with van der Waals surface area (Å²) in [6.45, 7) is 2.15. The maximum absolute atomic E-state index is 10.6. The van der Waals surface area contributed by atoms with Gasteiger partial charge in [0.2, 0.25) is 0 Å². The van der Waals surface area contributed by atoms with E-state index in [0.29, 0.717) is 49.4 Å². The first-order valence-corrected chi connectivity index (χ1v) is 7.28. The minimum atomic E-state index is -0.758. The molecule has 2 aliphatic heterocycles. The molecule has 22 heavy (non-hydrogen) atoms. The Kier molecular flexibility index (Phi) is 3.27. The van der Waals surface area contributed by atoms with Crippen LogP contribution in [0.4, 0.5) is 0 Å². The quantitative estimate of drug-likeness (QED) is 0.922. The van der Waals surface area contributed by atoms with Crippen LogP contribution < -0.4 is 18.9 Å². The van der Waals surface area contributed by atoms with Gasteiger partial charge in [0.15, 0.2) is 23.0 Å². The summed E-state index contributed by atoms with van der Waals surface area (Å²) >= 11 is 0. The summed E-state index contributed by atoms with van der Waals surface area (Å²) < 4.78 is 22.1. The Morgan fingerprint density at radius 3 is 1.50 bits per heavy atom. The van der Waals surface area contributed by atoms with Crippen LogP contribution >= 0.6 is 0 Å². The second-order valence-corrected chi connectivity index (χ2v) is 5.21. The first kappa shape index (κ1) is 13.3. The van der Waals surface area contributed by atoms with Crippen molar-refractivity contribution in [2.24, 2.45) is 0 Å². The second-order valence-electron chi connectivity index (χ2n) is 5.21. The van der Waals surface area contributed by atoms with Crippen molar-refractivity contribution >= 4 is 0 Å². The van der Waals surface area contributed by atoms with Crippen molar-refractivity contribution in [1.29, 1.82) is 0 Å². The zero-order valence-corrected chi connectivity index (χ0v) is 12.0. The van der Waals surface area contributed by atoms with Gasteiger partial charge >= 0.3 is 0 Å². The highest BCUT2D eigenvalue weighted by Crippen LogP contribution is 2.37. The van der Waals surface area contributed by atoms with E-state index >= 15 is 0 Å². The lowest BCUT2D eigenvalue weighted by atomic mass is 10.0. The molecule has 0 unspecified atom stereocenters. The molecule has 5 heteroatoms. The minimum Gasteiger partial charge on any atom is -0.486 e. The van der Waals surface area contributed by atoms with Crippen molar-refractivity contribution in [3.63, 3.8) is 0 Å². The fraction of sp³-hybridized carbons (Fsp3) is 0.294. The van der Waals surface area contributed by atoms with Crippen molar-refractivity contribution in [3.05, 3.63) is 47.5 Å². The number of rotatable bonds is 2. The van der Waals surface area contributed by atoms with Crippen molar-refractivity contribution in [2.75, 3.05) is 26.4 Å². The Labute approximate surface area is 128 Å².